The third-order valence-electron chi connectivity index (χ3n) is 4.60. The number of amides is 1. The zero-order valence-corrected chi connectivity index (χ0v) is 16.7. The first-order chi connectivity index (χ1) is 13.2. The summed E-state index contributed by atoms with van der Waals surface area (Å²) >= 11 is 0. The molecular weight excluding hydrogens is 360 g/mol. The maximum absolute atomic E-state index is 13.2. The molecule has 0 saturated carbocycles. The van der Waals surface area contributed by atoms with Crippen molar-refractivity contribution < 1.29 is 19.1 Å². The van der Waals surface area contributed by atoms with Crippen LogP contribution in [0.2, 0.25) is 0 Å². The highest BCUT2D eigenvalue weighted by Crippen LogP contribution is 2.30. The first kappa shape index (κ1) is 19.6. The standard InChI is InChI=1S/C20H24N4O4/c1-6-23(10-18(25)26)20(27)15-8-17(14-7-12(4)28-13(14)5)22-19-16(15)9-21-24(19)11(2)3/h7-9,11H,6,10H2,1-5H3,(H,25,26). The molecule has 0 aliphatic heterocycles. The van der Waals surface area contributed by atoms with Crippen molar-refractivity contribution in [2.24, 2.45) is 0 Å². The fraction of sp³-hybridized carbons (Fsp3) is 0.400. The average Bonchev–Trinajstić information content (AvgIpc) is 3.20. The summed E-state index contributed by atoms with van der Waals surface area (Å²) in [4.78, 5) is 30.4. The van der Waals surface area contributed by atoms with Crippen LogP contribution in [0.1, 0.15) is 48.7 Å². The van der Waals surface area contributed by atoms with E-state index in [-0.39, 0.29) is 25.0 Å². The third-order valence-corrected chi connectivity index (χ3v) is 4.60. The van der Waals surface area contributed by atoms with Gasteiger partial charge in [0.2, 0.25) is 0 Å². The molecule has 0 radical (unpaired) electrons. The number of pyridine rings is 1. The van der Waals surface area contributed by atoms with Crippen molar-refractivity contribution in [1.29, 1.82) is 0 Å². The number of fused-ring (bicyclic) bond motifs is 1. The second-order valence-corrected chi connectivity index (χ2v) is 7.02. The largest absolute Gasteiger partial charge is 0.480 e. The van der Waals surface area contributed by atoms with Crippen molar-refractivity contribution >= 4 is 22.9 Å². The molecule has 0 bridgehead atoms. The van der Waals surface area contributed by atoms with Crippen molar-refractivity contribution in [3.8, 4) is 11.3 Å². The lowest BCUT2D eigenvalue weighted by atomic mass is 10.1. The Morgan fingerprint density at radius 3 is 2.54 bits per heavy atom. The number of hydrogen-bond donors (Lipinski definition) is 1. The fourth-order valence-electron chi connectivity index (χ4n) is 3.26. The molecule has 0 spiro atoms. The molecule has 1 amide bonds. The van der Waals surface area contributed by atoms with Crippen LogP contribution in [0, 0.1) is 13.8 Å². The first-order valence-electron chi connectivity index (χ1n) is 9.19. The average molecular weight is 384 g/mol. The van der Waals surface area contributed by atoms with Crippen LogP contribution < -0.4 is 0 Å². The van der Waals surface area contributed by atoms with Gasteiger partial charge in [-0.3, -0.25) is 9.59 Å². The monoisotopic (exact) mass is 384 g/mol. The molecule has 0 unspecified atom stereocenters. The number of aliphatic carboxylic acids is 1. The zero-order chi connectivity index (χ0) is 20.6. The van der Waals surface area contributed by atoms with E-state index in [0.717, 1.165) is 11.3 Å². The van der Waals surface area contributed by atoms with Crippen LogP contribution in [-0.2, 0) is 4.79 Å². The van der Waals surface area contributed by atoms with Gasteiger partial charge in [0, 0.05) is 18.2 Å². The van der Waals surface area contributed by atoms with Gasteiger partial charge < -0.3 is 14.4 Å². The van der Waals surface area contributed by atoms with Gasteiger partial charge in [0.25, 0.3) is 5.91 Å². The molecular formula is C20H24N4O4. The van der Waals surface area contributed by atoms with Crippen LogP contribution in [0.3, 0.4) is 0 Å². The van der Waals surface area contributed by atoms with E-state index < -0.39 is 5.97 Å². The molecule has 0 saturated heterocycles. The summed E-state index contributed by atoms with van der Waals surface area (Å²) in [5, 5.41) is 14.1. The summed E-state index contributed by atoms with van der Waals surface area (Å²) in [7, 11) is 0. The van der Waals surface area contributed by atoms with E-state index in [1.807, 2.05) is 33.8 Å². The van der Waals surface area contributed by atoms with E-state index >= 15 is 0 Å². The number of furan rings is 1. The van der Waals surface area contributed by atoms with E-state index in [1.165, 1.54) is 4.90 Å². The molecule has 0 aromatic carbocycles. The highest BCUT2D eigenvalue weighted by Gasteiger charge is 2.24. The van der Waals surface area contributed by atoms with Crippen molar-refractivity contribution in [3.05, 3.63) is 35.4 Å². The van der Waals surface area contributed by atoms with Gasteiger partial charge in [-0.2, -0.15) is 5.10 Å². The molecule has 3 aromatic rings. The maximum Gasteiger partial charge on any atom is 0.323 e. The Balaban J connectivity index is 2.24. The predicted octanol–water partition coefficient (Wildman–Crippen LogP) is 3.44. The number of likely N-dealkylation sites (N-methyl/N-ethyl adjacent to an activating group) is 1. The molecule has 8 heteroatoms. The van der Waals surface area contributed by atoms with Gasteiger partial charge in [0.15, 0.2) is 5.65 Å². The number of hydrogen-bond acceptors (Lipinski definition) is 5. The molecule has 28 heavy (non-hydrogen) atoms. The Labute approximate surface area is 162 Å². The molecule has 8 nitrogen and oxygen atoms in total. The molecule has 148 valence electrons. The van der Waals surface area contributed by atoms with Crippen LogP contribution >= 0.6 is 0 Å². The summed E-state index contributed by atoms with van der Waals surface area (Å²) < 4.78 is 7.38. The second kappa shape index (κ2) is 7.46. The van der Waals surface area contributed by atoms with E-state index in [4.69, 9.17) is 14.5 Å². The van der Waals surface area contributed by atoms with Crippen molar-refractivity contribution in [2.45, 2.75) is 40.7 Å². The number of aryl methyl sites for hydroxylation is 2. The van der Waals surface area contributed by atoms with Crippen molar-refractivity contribution in [2.75, 3.05) is 13.1 Å². The normalized spacial score (nSPS) is 11.4. The quantitative estimate of drug-likeness (QED) is 0.699. The number of carbonyl (C=O) groups excluding carboxylic acids is 1. The number of rotatable bonds is 6. The third kappa shape index (κ3) is 3.49. The maximum atomic E-state index is 13.2. The lowest BCUT2D eigenvalue weighted by molar-refractivity contribution is -0.137. The lowest BCUT2D eigenvalue weighted by Gasteiger charge is -2.19. The molecule has 0 atom stereocenters. The summed E-state index contributed by atoms with van der Waals surface area (Å²) in [6, 6.07) is 3.62. The first-order valence-corrected chi connectivity index (χ1v) is 9.19. The lowest BCUT2D eigenvalue weighted by Crippen LogP contribution is -2.35. The molecule has 0 fully saturated rings. The highest BCUT2D eigenvalue weighted by atomic mass is 16.4. The summed E-state index contributed by atoms with van der Waals surface area (Å²) in [6.07, 6.45) is 1.61. The Morgan fingerprint density at radius 1 is 1.29 bits per heavy atom. The van der Waals surface area contributed by atoms with Crippen LogP contribution in [-0.4, -0.2) is 49.7 Å². The SMILES string of the molecule is CCN(CC(=O)O)C(=O)c1cc(-c2cc(C)oc2C)nc2c1cnn2C(C)C. The predicted molar refractivity (Wildman–Crippen MR) is 104 cm³/mol. The number of aromatic nitrogens is 3. The molecule has 0 aliphatic rings. The zero-order valence-electron chi connectivity index (χ0n) is 16.7. The Hall–Kier alpha value is -3.16. The van der Waals surface area contributed by atoms with Gasteiger partial charge in [-0.05, 0) is 46.8 Å². The van der Waals surface area contributed by atoms with E-state index in [0.29, 0.717) is 28.1 Å². The van der Waals surface area contributed by atoms with Crippen LogP contribution in [0.5, 0.6) is 0 Å². The van der Waals surface area contributed by atoms with Crippen LogP contribution in [0.4, 0.5) is 0 Å². The van der Waals surface area contributed by atoms with Gasteiger partial charge in [0.05, 0.1) is 22.8 Å². The minimum Gasteiger partial charge on any atom is -0.480 e. The highest BCUT2D eigenvalue weighted by molar-refractivity contribution is 6.07. The topological polar surface area (TPSA) is 101 Å². The van der Waals surface area contributed by atoms with Crippen molar-refractivity contribution in [3.63, 3.8) is 0 Å². The molecule has 3 heterocycles. The van der Waals surface area contributed by atoms with Crippen molar-refractivity contribution in [1.82, 2.24) is 19.7 Å². The molecule has 3 rings (SSSR count). The van der Waals surface area contributed by atoms with Crippen LogP contribution in [0.15, 0.2) is 22.7 Å². The van der Waals surface area contributed by atoms with Gasteiger partial charge in [0.1, 0.15) is 18.1 Å². The Bertz CT molecular complexity index is 1050. The molecule has 3 aromatic heterocycles. The smallest absolute Gasteiger partial charge is 0.323 e. The summed E-state index contributed by atoms with van der Waals surface area (Å²) in [5.74, 6) is 0.0385. The van der Waals surface area contributed by atoms with E-state index in [2.05, 4.69) is 5.10 Å². The van der Waals surface area contributed by atoms with Gasteiger partial charge in [-0.15, -0.1) is 0 Å². The van der Waals surface area contributed by atoms with Crippen LogP contribution in [0.25, 0.3) is 22.3 Å². The Morgan fingerprint density at radius 2 is 2.00 bits per heavy atom. The fourth-order valence-corrected chi connectivity index (χ4v) is 3.26. The van der Waals surface area contributed by atoms with Gasteiger partial charge in [-0.1, -0.05) is 0 Å². The van der Waals surface area contributed by atoms with Gasteiger partial charge in [-0.25, -0.2) is 9.67 Å². The van der Waals surface area contributed by atoms with E-state index in [9.17, 15) is 9.59 Å². The number of carbonyl (C=O) groups is 2. The minimum absolute atomic E-state index is 0.0525. The molecule has 1 N–H and O–H groups in total. The molecule has 0 aliphatic carbocycles. The van der Waals surface area contributed by atoms with E-state index in [1.54, 1.807) is 23.9 Å². The minimum atomic E-state index is -1.06. The van der Waals surface area contributed by atoms with Gasteiger partial charge >= 0.3 is 5.97 Å². The number of carboxylic acids is 1. The summed E-state index contributed by atoms with van der Waals surface area (Å²) in [5.41, 5.74) is 2.36. The Kier molecular flexibility index (Phi) is 5.22. The number of nitrogens with zero attached hydrogens (tertiary/aromatic N) is 4. The number of carboxylic acid groups (broad SMARTS) is 1. The summed E-state index contributed by atoms with van der Waals surface area (Å²) in [6.45, 7) is 9.34. The second-order valence-electron chi connectivity index (χ2n) is 7.02.